The third-order valence-electron chi connectivity index (χ3n) is 8.95. The second kappa shape index (κ2) is 22.3. The number of rotatable bonds is 7. The molecule has 0 atom stereocenters. The van der Waals surface area contributed by atoms with E-state index < -0.39 is 0 Å². The number of aromatic nitrogens is 2. The van der Waals surface area contributed by atoms with Crippen LogP contribution in [0.2, 0.25) is 0 Å². The van der Waals surface area contributed by atoms with Crippen LogP contribution in [0.3, 0.4) is 0 Å². The first-order valence-electron chi connectivity index (χ1n) is 18.4. The normalized spacial score (nSPS) is 11.1. The summed E-state index contributed by atoms with van der Waals surface area (Å²) < 4.78 is 0. The van der Waals surface area contributed by atoms with E-state index in [0.717, 1.165) is 17.6 Å². The second-order valence-electron chi connectivity index (χ2n) is 12.9. The molecule has 55 heavy (non-hydrogen) atoms. The third kappa shape index (κ3) is 11.9. The van der Waals surface area contributed by atoms with E-state index in [1.54, 1.807) is 6.08 Å². The van der Waals surface area contributed by atoms with Gasteiger partial charge in [0, 0.05) is 54.5 Å². The van der Waals surface area contributed by atoms with Gasteiger partial charge in [0.05, 0.1) is 0 Å². The molecule has 2 heterocycles. The van der Waals surface area contributed by atoms with E-state index >= 15 is 0 Å². The second-order valence-corrected chi connectivity index (χ2v) is 12.9. The van der Waals surface area contributed by atoms with Crippen LogP contribution >= 0.6 is 0 Å². The molecule has 8 aromatic rings. The minimum atomic E-state index is 0. The van der Waals surface area contributed by atoms with Crippen molar-refractivity contribution < 1.29 is 32.7 Å². The zero-order chi connectivity index (χ0) is 38.1. The van der Waals surface area contributed by atoms with Gasteiger partial charge < -0.3 is 21.0 Å². The molecule has 5 heteroatoms. The van der Waals surface area contributed by atoms with Crippen molar-refractivity contribution in [2.75, 3.05) is 13.2 Å². The molecule has 6 aromatic carbocycles. The summed E-state index contributed by atoms with van der Waals surface area (Å²) in [6.07, 6.45) is 11.5. The Morgan fingerprint density at radius 3 is 1.75 bits per heavy atom. The molecule has 4 nitrogen and oxygen atoms in total. The summed E-state index contributed by atoms with van der Waals surface area (Å²) in [5.74, 6) is 0. The van der Waals surface area contributed by atoms with Gasteiger partial charge in [-0.25, -0.2) is 0 Å². The molecule has 8 rings (SSSR count). The van der Waals surface area contributed by atoms with Crippen LogP contribution in [0.5, 0.6) is 0 Å². The fourth-order valence-corrected chi connectivity index (χ4v) is 5.97. The summed E-state index contributed by atoms with van der Waals surface area (Å²) in [4.78, 5) is 8.38. The quantitative estimate of drug-likeness (QED) is 0.125. The van der Waals surface area contributed by atoms with Gasteiger partial charge in [-0.3, -0.25) is 0 Å². The number of allylic oxidation sites excluding steroid dienone is 6. The molecule has 2 aromatic heterocycles. The molecule has 0 unspecified atom stereocenters. The average molecular weight is 796 g/mol. The maximum atomic E-state index is 5.14. The Morgan fingerprint density at radius 1 is 0.636 bits per heavy atom. The number of para-hydroxylation sites is 1. The summed E-state index contributed by atoms with van der Waals surface area (Å²) in [6, 6.07) is 49.1. The molecule has 3 N–H and O–H groups in total. The number of H-pyrrole nitrogens is 1. The first-order chi connectivity index (χ1) is 26.4. The maximum Gasteiger partial charge on any atom is 0.0465 e. The molecule has 0 bridgehead atoms. The summed E-state index contributed by atoms with van der Waals surface area (Å²) in [5.41, 5.74) is 17.0. The maximum absolute atomic E-state index is 5.14. The molecule has 0 amide bonds. The number of nitrogens with two attached hydrogens (primary N) is 1. The van der Waals surface area contributed by atoms with Crippen LogP contribution in [-0.2, 0) is 32.7 Å². The van der Waals surface area contributed by atoms with Gasteiger partial charge in [0.1, 0.15) is 0 Å². The molecular weight excluding hydrogens is 745 g/mol. The number of hydrogen-bond donors (Lipinski definition) is 2. The van der Waals surface area contributed by atoms with Crippen LogP contribution in [-0.4, -0.2) is 18.2 Å². The number of nitrogens with zero attached hydrogens (tertiary/aromatic N) is 2. The van der Waals surface area contributed by atoms with Crippen molar-refractivity contribution in [3.63, 3.8) is 0 Å². The predicted octanol–water partition coefficient (Wildman–Crippen LogP) is 13.5. The molecule has 0 spiro atoms. The van der Waals surface area contributed by atoms with Gasteiger partial charge >= 0.3 is 0 Å². The summed E-state index contributed by atoms with van der Waals surface area (Å²) in [7, 11) is 0. The fraction of sp³-hybridized carbons (Fsp3) is 0.120. The molecule has 0 saturated carbocycles. The summed E-state index contributed by atoms with van der Waals surface area (Å²) in [6.45, 7) is 12.8. The Bertz CT molecular complexity index is 2480. The van der Waals surface area contributed by atoms with Crippen LogP contribution in [0.1, 0.15) is 26.3 Å². The Labute approximate surface area is 351 Å². The third-order valence-corrected chi connectivity index (χ3v) is 8.95. The number of nitrogens with one attached hydrogen (secondary N) is 1. The van der Waals surface area contributed by atoms with E-state index in [1.807, 2.05) is 69.4 Å². The largest absolute Gasteiger partial charge is 0.657 e. The number of hydrogen-bond acceptors (Lipinski definition) is 1. The van der Waals surface area contributed by atoms with Crippen molar-refractivity contribution in [2.45, 2.75) is 27.7 Å². The van der Waals surface area contributed by atoms with E-state index in [-0.39, 0.29) is 32.7 Å². The Kier molecular flexibility index (Phi) is 17.3. The average Bonchev–Trinajstić information content (AvgIpc) is 3.78. The predicted molar refractivity (Wildman–Crippen MR) is 237 cm³/mol. The zero-order valence-corrected chi connectivity index (χ0v) is 35.3. The van der Waals surface area contributed by atoms with Gasteiger partial charge in [0.25, 0.3) is 0 Å². The van der Waals surface area contributed by atoms with Crippen LogP contribution in [0.4, 0.5) is 0 Å². The standard InChI is InChI=1S/C30H19N2.C7H8.C7H10.C6H13N2.Y/c1-2-6-19(7-3-1)20-10-13-29-25(16-20)26-18-22(12-15-30(26)32-29)21-11-14-28-24(17-21)23-8-4-5-9-27(23)31-28;1-7-5-3-2-4-6-7;1-3-5-7-6-4-2;1-3-6(2)4-8-5-7;/h1-18,31H;2-6H,1H3;3-7H,1H2,2H3;3H,4-5,7H2,1-2H3;/q-1;;;-1;/b;;6-4-,7-5-;6-3+;. The number of aryl methyl sites for hydroxylation is 1. The van der Waals surface area contributed by atoms with E-state index in [1.165, 1.54) is 66.0 Å². The van der Waals surface area contributed by atoms with Crippen molar-refractivity contribution in [3.8, 4) is 22.3 Å². The topological polar surface area (TPSA) is 70.0 Å². The minimum absolute atomic E-state index is 0. The summed E-state index contributed by atoms with van der Waals surface area (Å²) >= 11 is 0. The number of aromatic amines is 1. The van der Waals surface area contributed by atoms with Crippen molar-refractivity contribution in [3.05, 3.63) is 199 Å². The van der Waals surface area contributed by atoms with Crippen LogP contribution < -0.4 is 10.7 Å². The number of benzene rings is 6. The van der Waals surface area contributed by atoms with Crippen molar-refractivity contribution in [1.82, 2.24) is 9.97 Å². The Morgan fingerprint density at radius 2 is 1.18 bits per heavy atom. The van der Waals surface area contributed by atoms with Crippen LogP contribution in [0.15, 0.2) is 188 Å². The SMILES string of the molecule is C/C=C(\C)C[N-]CN.C=C/C=C\C=C/C.Cc1ccccc1.[Y].c1ccc(-c2ccc3[n-]c4ccc(-c5ccc6[nH]c7ccccc7c6c5)cc4c3c2)cc1. The Balaban J connectivity index is 0.000000240. The van der Waals surface area contributed by atoms with Gasteiger partial charge in [-0.1, -0.05) is 163 Å². The van der Waals surface area contributed by atoms with Crippen LogP contribution in [0.25, 0.3) is 71.2 Å². The Hall–Kier alpha value is -5.10. The minimum Gasteiger partial charge on any atom is -0.657 e. The molecule has 1 radical (unpaired) electrons. The van der Waals surface area contributed by atoms with Gasteiger partial charge in [0.15, 0.2) is 0 Å². The fourth-order valence-electron chi connectivity index (χ4n) is 5.97. The van der Waals surface area contributed by atoms with E-state index in [0.29, 0.717) is 6.67 Å². The smallest absolute Gasteiger partial charge is 0.0465 e. The first-order valence-corrected chi connectivity index (χ1v) is 18.4. The van der Waals surface area contributed by atoms with E-state index in [4.69, 9.17) is 10.7 Å². The first kappa shape index (κ1) is 42.6. The molecule has 275 valence electrons. The van der Waals surface area contributed by atoms with Gasteiger partial charge in [-0.05, 0) is 91.1 Å². The molecule has 0 aliphatic rings. The van der Waals surface area contributed by atoms with E-state index in [2.05, 4.69) is 145 Å². The molecular formula is C50H50N4Y-2. The van der Waals surface area contributed by atoms with Crippen molar-refractivity contribution in [2.24, 2.45) is 5.73 Å². The van der Waals surface area contributed by atoms with Gasteiger partial charge in [-0.2, -0.15) is 0 Å². The molecule has 0 aliphatic heterocycles. The zero-order valence-electron chi connectivity index (χ0n) is 32.4. The molecule has 0 fully saturated rings. The van der Waals surface area contributed by atoms with Gasteiger partial charge in [0.2, 0.25) is 0 Å². The van der Waals surface area contributed by atoms with Gasteiger partial charge in [-0.15, -0.1) is 24.2 Å². The van der Waals surface area contributed by atoms with Crippen molar-refractivity contribution >= 4 is 43.6 Å². The number of fused-ring (bicyclic) bond motifs is 6. The van der Waals surface area contributed by atoms with E-state index in [9.17, 15) is 0 Å². The van der Waals surface area contributed by atoms with Crippen LogP contribution in [0, 0.1) is 6.92 Å². The molecule has 0 aliphatic carbocycles. The molecule has 0 saturated heterocycles. The monoisotopic (exact) mass is 795 g/mol. The van der Waals surface area contributed by atoms with Crippen molar-refractivity contribution in [1.29, 1.82) is 0 Å². The summed E-state index contributed by atoms with van der Waals surface area (Å²) in [5, 5.41) is 8.88.